The van der Waals surface area contributed by atoms with Crippen molar-refractivity contribution >= 4 is 29.1 Å². The van der Waals surface area contributed by atoms with Crippen LogP contribution in [-0.4, -0.2) is 64.0 Å². The number of likely N-dealkylation sites (tertiary alicyclic amines) is 1. The molecule has 1 N–H and O–H groups in total. The number of ether oxygens (including phenoxy) is 1. The lowest BCUT2D eigenvalue weighted by atomic mass is 10.1. The fourth-order valence-corrected chi connectivity index (χ4v) is 3.46. The first-order chi connectivity index (χ1) is 15.7. The Balaban J connectivity index is 0.000000286. The molecule has 33 heavy (non-hydrogen) atoms. The summed E-state index contributed by atoms with van der Waals surface area (Å²) in [5.74, 6) is -2.42. The first-order valence-electron chi connectivity index (χ1n) is 10.6. The average molecular weight is 459 g/mol. The van der Waals surface area contributed by atoms with Crippen molar-refractivity contribution in [3.8, 4) is 5.69 Å². The first-order valence-corrected chi connectivity index (χ1v) is 10.6. The Labute approximate surface area is 190 Å². The summed E-state index contributed by atoms with van der Waals surface area (Å²) in [4.78, 5) is 32.7. The average Bonchev–Trinajstić information content (AvgIpc) is 3.16. The van der Waals surface area contributed by atoms with Gasteiger partial charge in [-0.25, -0.2) is 18.6 Å². The number of anilines is 1. The van der Waals surface area contributed by atoms with Gasteiger partial charge in [0.25, 0.3) is 5.92 Å². The van der Waals surface area contributed by atoms with Crippen LogP contribution in [0.25, 0.3) is 16.7 Å². The summed E-state index contributed by atoms with van der Waals surface area (Å²) in [5, 5.41) is 3.48. The van der Waals surface area contributed by atoms with Gasteiger partial charge in [-0.1, -0.05) is 0 Å². The van der Waals surface area contributed by atoms with Crippen molar-refractivity contribution in [2.45, 2.75) is 38.7 Å². The highest BCUT2D eigenvalue weighted by molar-refractivity contribution is 5.86. The SMILES string of the molecule is CC(C)OC(=O)Nc1cncc(-n2ccc3cc(C=O)cnc32)c1.CN1CCCC(F)(F)C1. The molecule has 1 saturated heterocycles. The van der Waals surface area contributed by atoms with Crippen LogP contribution in [0.3, 0.4) is 0 Å². The van der Waals surface area contributed by atoms with E-state index in [0.717, 1.165) is 23.9 Å². The zero-order valence-electron chi connectivity index (χ0n) is 18.8. The van der Waals surface area contributed by atoms with Crippen LogP contribution in [0.4, 0.5) is 19.3 Å². The summed E-state index contributed by atoms with van der Waals surface area (Å²) in [6.45, 7) is 4.31. The molecule has 0 unspecified atom stereocenters. The third kappa shape index (κ3) is 6.79. The van der Waals surface area contributed by atoms with E-state index in [1.165, 1.54) is 12.4 Å². The number of hydrogen-bond donors (Lipinski definition) is 1. The van der Waals surface area contributed by atoms with E-state index in [4.69, 9.17) is 4.74 Å². The van der Waals surface area contributed by atoms with E-state index >= 15 is 0 Å². The van der Waals surface area contributed by atoms with Crippen LogP contribution in [0.2, 0.25) is 0 Å². The number of halogens is 2. The molecule has 8 nitrogen and oxygen atoms in total. The summed E-state index contributed by atoms with van der Waals surface area (Å²) >= 11 is 0. The second kappa shape index (κ2) is 10.5. The summed E-state index contributed by atoms with van der Waals surface area (Å²) in [7, 11) is 1.73. The molecule has 1 aliphatic rings. The van der Waals surface area contributed by atoms with Crippen LogP contribution >= 0.6 is 0 Å². The van der Waals surface area contributed by atoms with Gasteiger partial charge in [0.15, 0.2) is 6.29 Å². The van der Waals surface area contributed by atoms with E-state index in [2.05, 4.69) is 15.3 Å². The number of pyridine rings is 2. The van der Waals surface area contributed by atoms with E-state index in [9.17, 15) is 18.4 Å². The number of carbonyl (C=O) groups is 2. The monoisotopic (exact) mass is 459 g/mol. The topological polar surface area (TPSA) is 89.3 Å². The van der Waals surface area contributed by atoms with Crippen LogP contribution in [0.15, 0.2) is 43.0 Å². The standard InChI is InChI=1S/C17H16N4O3.C6H11F2N/c1-11(2)24-17(23)20-14-6-15(9-18-8-14)21-4-3-13-5-12(10-22)7-19-16(13)21;1-9-4-2-3-6(7,8)5-9/h3-11H,1-2H3,(H,20,23);2-5H2,1H3. The fourth-order valence-electron chi connectivity index (χ4n) is 3.46. The maximum atomic E-state index is 12.4. The van der Waals surface area contributed by atoms with Crippen LogP contribution in [0.1, 0.15) is 37.0 Å². The largest absolute Gasteiger partial charge is 0.447 e. The first kappa shape index (κ1) is 24.2. The molecule has 1 amide bonds. The van der Waals surface area contributed by atoms with Gasteiger partial charge in [0.2, 0.25) is 0 Å². The number of carbonyl (C=O) groups excluding carboxylic acids is 2. The number of aromatic nitrogens is 3. The predicted molar refractivity (Wildman–Crippen MR) is 121 cm³/mol. The minimum atomic E-state index is -2.42. The van der Waals surface area contributed by atoms with Gasteiger partial charge in [-0.2, -0.15) is 0 Å². The number of nitrogens with zero attached hydrogens (tertiary/aromatic N) is 4. The van der Waals surface area contributed by atoms with Crippen molar-refractivity contribution in [3.05, 3.63) is 48.5 Å². The Morgan fingerprint density at radius 1 is 1.27 bits per heavy atom. The third-order valence-corrected chi connectivity index (χ3v) is 4.86. The Bertz CT molecular complexity index is 1120. The minimum absolute atomic E-state index is 0.0625. The Morgan fingerprint density at radius 3 is 2.70 bits per heavy atom. The van der Waals surface area contributed by atoms with E-state index in [1.807, 2.05) is 16.8 Å². The number of hydrogen-bond acceptors (Lipinski definition) is 6. The highest BCUT2D eigenvalue weighted by Gasteiger charge is 2.33. The number of alkyl halides is 2. The van der Waals surface area contributed by atoms with Gasteiger partial charge in [0.05, 0.1) is 36.4 Å². The van der Waals surface area contributed by atoms with Gasteiger partial charge in [-0.05, 0) is 52.1 Å². The Hall–Kier alpha value is -3.40. The maximum absolute atomic E-state index is 12.4. The molecule has 0 radical (unpaired) electrons. The molecule has 4 heterocycles. The summed E-state index contributed by atoms with van der Waals surface area (Å²) in [5.41, 5.74) is 2.47. The quantitative estimate of drug-likeness (QED) is 0.577. The second-order valence-electron chi connectivity index (χ2n) is 8.19. The molecule has 0 aromatic carbocycles. The minimum Gasteiger partial charge on any atom is -0.447 e. The van der Waals surface area contributed by atoms with Crippen molar-refractivity contribution < 1.29 is 23.1 Å². The van der Waals surface area contributed by atoms with Crippen molar-refractivity contribution in [1.82, 2.24) is 19.4 Å². The summed E-state index contributed by atoms with van der Waals surface area (Å²) < 4.78 is 31.7. The van der Waals surface area contributed by atoms with Crippen molar-refractivity contribution in [3.63, 3.8) is 0 Å². The van der Waals surface area contributed by atoms with Crippen molar-refractivity contribution in [1.29, 1.82) is 0 Å². The highest BCUT2D eigenvalue weighted by atomic mass is 19.3. The van der Waals surface area contributed by atoms with E-state index in [1.54, 1.807) is 44.1 Å². The van der Waals surface area contributed by atoms with Gasteiger partial charge in [-0.3, -0.25) is 19.7 Å². The predicted octanol–water partition coefficient (Wildman–Crippen LogP) is 4.54. The summed E-state index contributed by atoms with van der Waals surface area (Å²) in [6.07, 6.45) is 7.26. The maximum Gasteiger partial charge on any atom is 0.411 e. The van der Waals surface area contributed by atoms with Gasteiger partial charge in [-0.15, -0.1) is 0 Å². The van der Waals surface area contributed by atoms with Gasteiger partial charge in [0.1, 0.15) is 5.65 Å². The summed E-state index contributed by atoms with van der Waals surface area (Å²) in [6, 6.07) is 5.40. The molecule has 1 aliphatic heterocycles. The van der Waals surface area contributed by atoms with Crippen LogP contribution in [0, 0.1) is 0 Å². The van der Waals surface area contributed by atoms with Gasteiger partial charge >= 0.3 is 6.09 Å². The number of fused-ring (bicyclic) bond motifs is 1. The smallest absolute Gasteiger partial charge is 0.411 e. The van der Waals surface area contributed by atoms with Crippen LogP contribution in [-0.2, 0) is 4.74 Å². The third-order valence-electron chi connectivity index (χ3n) is 4.86. The van der Waals surface area contributed by atoms with Crippen molar-refractivity contribution in [2.24, 2.45) is 0 Å². The zero-order valence-corrected chi connectivity index (χ0v) is 18.8. The van der Waals surface area contributed by atoms with E-state index < -0.39 is 12.0 Å². The number of amides is 1. The Morgan fingerprint density at radius 2 is 2.06 bits per heavy atom. The zero-order chi connectivity index (χ0) is 24.0. The second-order valence-corrected chi connectivity index (χ2v) is 8.19. The molecule has 0 spiro atoms. The molecule has 0 atom stereocenters. The molecule has 0 aliphatic carbocycles. The Kier molecular flexibility index (Phi) is 7.70. The molecule has 10 heteroatoms. The molecule has 0 bridgehead atoms. The van der Waals surface area contributed by atoms with Gasteiger partial charge < -0.3 is 9.64 Å². The van der Waals surface area contributed by atoms with Crippen molar-refractivity contribution in [2.75, 3.05) is 25.5 Å². The molecular weight excluding hydrogens is 432 g/mol. The molecular formula is C23H27F2N5O3. The molecule has 0 saturated carbocycles. The van der Waals surface area contributed by atoms with Gasteiger partial charge in [0, 0.05) is 29.8 Å². The fraction of sp³-hybridized carbons (Fsp3) is 0.391. The lowest BCUT2D eigenvalue weighted by Gasteiger charge is -2.28. The number of aldehydes is 1. The molecule has 3 aromatic heterocycles. The van der Waals surface area contributed by atoms with Crippen LogP contribution < -0.4 is 5.32 Å². The number of rotatable bonds is 4. The van der Waals surface area contributed by atoms with E-state index in [-0.39, 0.29) is 19.1 Å². The molecule has 1 fully saturated rings. The lowest BCUT2D eigenvalue weighted by Crippen LogP contribution is -2.39. The molecule has 4 rings (SSSR count). The number of piperidine rings is 1. The van der Waals surface area contributed by atoms with E-state index in [0.29, 0.717) is 23.3 Å². The normalized spacial score (nSPS) is 15.6. The molecule has 3 aromatic rings. The number of nitrogens with one attached hydrogen (secondary N) is 1. The van der Waals surface area contributed by atoms with Crippen LogP contribution in [0.5, 0.6) is 0 Å². The molecule has 176 valence electrons. The highest BCUT2D eigenvalue weighted by Crippen LogP contribution is 2.25. The lowest BCUT2D eigenvalue weighted by molar-refractivity contribution is -0.0571.